The number of nitrogens with zero attached hydrogens (tertiary/aromatic N) is 2. The second-order valence-corrected chi connectivity index (χ2v) is 10.1. The minimum atomic E-state index is -0.983. The normalized spacial score (nSPS) is 20.1. The first-order valence-electron chi connectivity index (χ1n) is 12.0. The molecular weight excluding hydrogens is 501 g/mol. The lowest BCUT2D eigenvalue weighted by atomic mass is 10.1. The molecule has 10 heteroatoms. The summed E-state index contributed by atoms with van der Waals surface area (Å²) in [7, 11) is 0. The number of likely N-dealkylation sites (tertiary alicyclic amines) is 1. The Morgan fingerprint density at radius 3 is 2.68 bits per heavy atom. The van der Waals surface area contributed by atoms with Crippen LogP contribution in [0.3, 0.4) is 0 Å². The van der Waals surface area contributed by atoms with Crippen molar-refractivity contribution in [3.63, 3.8) is 0 Å². The number of carboxylic acid groups (broad SMARTS) is 1. The Kier molecular flexibility index (Phi) is 6.49. The fraction of sp³-hybridized carbons (Fsp3) is 0.333. The molecule has 8 nitrogen and oxygen atoms in total. The van der Waals surface area contributed by atoms with Gasteiger partial charge in [0.2, 0.25) is 11.8 Å². The molecule has 2 aliphatic rings. The number of amides is 2. The van der Waals surface area contributed by atoms with Gasteiger partial charge in [0.25, 0.3) is 0 Å². The van der Waals surface area contributed by atoms with Gasteiger partial charge in [0.1, 0.15) is 18.4 Å². The molecule has 2 heterocycles. The van der Waals surface area contributed by atoms with E-state index in [1.165, 1.54) is 13.0 Å². The van der Waals surface area contributed by atoms with E-state index in [4.69, 9.17) is 16.7 Å². The summed E-state index contributed by atoms with van der Waals surface area (Å²) in [5.41, 5.74) is 1.83. The zero-order valence-electron chi connectivity index (χ0n) is 20.0. The van der Waals surface area contributed by atoms with E-state index < -0.39 is 17.8 Å². The molecule has 1 aromatic heterocycles. The monoisotopic (exact) mass is 525 g/mol. The highest BCUT2D eigenvalue weighted by atomic mass is 35.5. The maximum absolute atomic E-state index is 14.2. The average Bonchev–Trinajstić information content (AvgIpc) is 3.35. The van der Waals surface area contributed by atoms with Crippen molar-refractivity contribution in [3.05, 3.63) is 70.1 Å². The lowest BCUT2D eigenvalue weighted by Crippen LogP contribution is -2.48. The molecule has 1 saturated carbocycles. The zero-order chi connectivity index (χ0) is 26.4. The number of nitrogens with one attached hydrogen (secondary N) is 1. The highest BCUT2D eigenvalue weighted by Gasteiger charge is 2.55. The average molecular weight is 526 g/mol. The Morgan fingerprint density at radius 1 is 1.16 bits per heavy atom. The molecule has 2 amide bonds. The first-order valence-corrected chi connectivity index (χ1v) is 12.4. The summed E-state index contributed by atoms with van der Waals surface area (Å²) < 4.78 is 15.9. The largest absolute Gasteiger partial charge is 0.481 e. The number of ketones is 1. The van der Waals surface area contributed by atoms with Crippen LogP contribution in [0.1, 0.15) is 41.3 Å². The third kappa shape index (κ3) is 4.83. The number of carbonyl (C=O) groups is 4. The maximum atomic E-state index is 14.2. The number of rotatable bonds is 8. The molecule has 1 unspecified atom stereocenters. The van der Waals surface area contributed by atoms with Gasteiger partial charge in [0.15, 0.2) is 5.78 Å². The Bertz CT molecular complexity index is 1450. The van der Waals surface area contributed by atoms with Gasteiger partial charge >= 0.3 is 5.97 Å². The molecule has 1 saturated heterocycles. The molecule has 5 rings (SSSR count). The van der Waals surface area contributed by atoms with Gasteiger partial charge < -0.3 is 19.9 Å². The van der Waals surface area contributed by atoms with Crippen LogP contribution in [-0.2, 0) is 33.9 Å². The van der Waals surface area contributed by atoms with E-state index in [1.807, 2.05) is 0 Å². The van der Waals surface area contributed by atoms with E-state index in [1.54, 1.807) is 46.0 Å². The van der Waals surface area contributed by atoms with Crippen LogP contribution < -0.4 is 5.32 Å². The third-order valence-corrected chi connectivity index (χ3v) is 7.46. The Morgan fingerprint density at radius 2 is 1.95 bits per heavy atom. The lowest BCUT2D eigenvalue weighted by molar-refractivity contribution is -0.140. The number of hydrogen-bond donors (Lipinski definition) is 2. The van der Waals surface area contributed by atoms with Crippen molar-refractivity contribution in [1.82, 2.24) is 14.8 Å². The number of Topliss-reactive ketones (excluding diaryl/α,β-unsaturated/α-hetero) is 1. The number of carbonyl (C=O) groups excluding carboxylic acids is 3. The van der Waals surface area contributed by atoms with Gasteiger partial charge in [-0.1, -0.05) is 35.9 Å². The SMILES string of the molecule is CC(=O)c1cn(CC(=O)N2[C@@H]3CC3C[C@H]2C(=O)NCc2cccc(Cl)c2F)c2cc(CC(=O)O)ccc12. The molecule has 1 aliphatic carbocycles. The molecule has 192 valence electrons. The summed E-state index contributed by atoms with van der Waals surface area (Å²) in [4.78, 5) is 51.5. The maximum Gasteiger partial charge on any atom is 0.307 e. The molecule has 37 heavy (non-hydrogen) atoms. The molecule has 1 aliphatic heterocycles. The highest BCUT2D eigenvalue weighted by molar-refractivity contribution is 6.30. The minimum Gasteiger partial charge on any atom is -0.481 e. The number of benzene rings is 2. The number of halogens is 2. The van der Waals surface area contributed by atoms with Crippen LogP contribution in [0.25, 0.3) is 10.9 Å². The number of aliphatic carboxylic acids is 1. The predicted molar refractivity (Wildman–Crippen MR) is 134 cm³/mol. The minimum absolute atomic E-state index is 0.0252. The predicted octanol–water partition coefficient (Wildman–Crippen LogP) is 3.57. The topological polar surface area (TPSA) is 109 Å². The van der Waals surface area contributed by atoms with Crippen LogP contribution >= 0.6 is 11.6 Å². The van der Waals surface area contributed by atoms with E-state index >= 15 is 0 Å². The molecule has 0 radical (unpaired) electrons. The molecule has 3 aromatic rings. The van der Waals surface area contributed by atoms with Gasteiger partial charge in [0, 0.05) is 40.8 Å². The Labute approximate surface area is 217 Å². The van der Waals surface area contributed by atoms with E-state index in [0.29, 0.717) is 28.5 Å². The van der Waals surface area contributed by atoms with Crippen molar-refractivity contribution in [2.45, 2.75) is 51.4 Å². The fourth-order valence-corrected chi connectivity index (χ4v) is 5.49. The number of piperidine rings is 1. The quantitative estimate of drug-likeness (QED) is 0.437. The fourth-order valence-electron chi connectivity index (χ4n) is 5.30. The van der Waals surface area contributed by atoms with Crippen LogP contribution in [0, 0.1) is 11.7 Å². The first kappa shape index (κ1) is 25.0. The van der Waals surface area contributed by atoms with Crippen LogP contribution in [0.2, 0.25) is 5.02 Å². The second-order valence-electron chi connectivity index (χ2n) is 9.70. The second kappa shape index (κ2) is 9.63. The summed E-state index contributed by atoms with van der Waals surface area (Å²) in [5.74, 6) is -2.12. The summed E-state index contributed by atoms with van der Waals surface area (Å²) in [6, 6.07) is 8.91. The lowest BCUT2D eigenvalue weighted by Gasteiger charge is -2.27. The molecular formula is C27H25ClFN3O5. The van der Waals surface area contributed by atoms with E-state index in [2.05, 4.69) is 5.32 Å². The molecule has 2 fully saturated rings. The summed E-state index contributed by atoms with van der Waals surface area (Å²) in [6.07, 6.45) is 2.78. The van der Waals surface area contributed by atoms with Crippen LogP contribution in [0.15, 0.2) is 42.6 Å². The van der Waals surface area contributed by atoms with Gasteiger partial charge in [-0.05, 0) is 43.4 Å². The number of carboxylic acids is 1. The third-order valence-electron chi connectivity index (χ3n) is 7.17. The van der Waals surface area contributed by atoms with Crippen molar-refractivity contribution in [3.8, 4) is 0 Å². The number of aromatic nitrogens is 1. The standard InChI is InChI=1S/C27H25ClFN3O5/c1-14(33)19-12-31(22-7-15(8-25(35)36)5-6-18(19)22)13-24(34)32-21-9-17(21)10-23(32)27(37)30-11-16-3-2-4-20(28)26(16)29/h2-7,12,17,21,23H,8-11,13H2,1H3,(H,30,37)(H,35,36)/t17?,21-,23+/m1/s1. The van der Waals surface area contributed by atoms with Gasteiger partial charge in [0.05, 0.1) is 11.4 Å². The summed E-state index contributed by atoms with van der Waals surface area (Å²) >= 11 is 5.83. The molecule has 2 aromatic carbocycles. The zero-order valence-corrected chi connectivity index (χ0v) is 20.8. The van der Waals surface area contributed by atoms with E-state index in [0.717, 1.165) is 6.42 Å². The van der Waals surface area contributed by atoms with Crippen LogP contribution in [-0.4, -0.2) is 50.2 Å². The van der Waals surface area contributed by atoms with Gasteiger partial charge in [-0.25, -0.2) is 4.39 Å². The number of hydrogen-bond acceptors (Lipinski definition) is 4. The van der Waals surface area contributed by atoms with Crippen molar-refractivity contribution in [2.24, 2.45) is 5.92 Å². The Hall–Kier alpha value is -3.72. The van der Waals surface area contributed by atoms with Gasteiger partial charge in [-0.3, -0.25) is 19.2 Å². The van der Waals surface area contributed by atoms with Crippen LogP contribution in [0.4, 0.5) is 4.39 Å². The van der Waals surface area contributed by atoms with Gasteiger partial charge in [-0.15, -0.1) is 0 Å². The summed E-state index contributed by atoms with van der Waals surface area (Å²) in [5, 5.41) is 12.5. The molecule has 2 N–H and O–H groups in total. The van der Waals surface area contributed by atoms with Crippen molar-refractivity contribution in [2.75, 3.05) is 0 Å². The van der Waals surface area contributed by atoms with Crippen molar-refractivity contribution >= 4 is 46.1 Å². The molecule has 0 spiro atoms. The van der Waals surface area contributed by atoms with Gasteiger partial charge in [-0.2, -0.15) is 0 Å². The van der Waals surface area contributed by atoms with Crippen molar-refractivity contribution in [1.29, 1.82) is 0 Å². The Balaban J connectivity index is 1.36. The van der Waals surface area contributed by atoms with E-state index in [-0.39, 0.29) is 59.7 Å². The molecule has 0 bridgehead atoms. The highest BCUT2D eigenvalue weighted by Crippen LogP contribution is 2.48. The van der Waals surface area contributed by atoms with Crippen molar-refractivity contribution < 1.29 is 28.7 Å². The summed E-state index contributed by atoms with van der Waals surface area (Å²) in [6.45, 7) is 1.29. The first-order chi connectivity index (χ1) is 17.6. The smallest absolute Gasteiger partial charge is 0.307 e. The van der Waals surface area contributed by atoms with E-state index in [9.17, 15) is 23.6 Å². The number of fused-ring (bicyclic) bond motifs is 2. The molecule has 3 atom stereocenters. The van der Waals surface area contributed by atoms with Crippen LogP contribution in [0.5, 0.6) is 0 Å².